The summed E-state index contributed by atoms with van der Waals surface area (Å²) >= 11 is 0. The Morgan fingerprint density at radius 3 is 2.67 bits per heavy atom. The third kappa shape index (κ3) is 2.75. The van der Waals surface area contributed by atoms with Gasteiger partial charge in [0.2, 0.25) is 0 Å². The van der Waals surface area contributed by atoms with Crippen molar-refractivity contribution in [2.75, 3.05) is 13.2 Å². The van der Waals surface area contributed by atoms with Crippen molar-refractivity contribution in [1.82, 2.24) is 10.2 Å². The zero-order valence-corrected chi connectivity index (χ0v) is 10.3. The lowest BCUT2D eigenvalue weighted by Gasteiger charge is -2.25. The average Bonchev–Trinajstić information content (AvgIpc) is 2.96. The summed E-state index contributed by atoms with van der Waals surface area (Å²) in [6, 6.07) is -0.289. The van der Waals surface area contributed by atoms with Gasteiger partial charge in [0.1, 0.15) is 0 Å². The predicted molar refractivity (Wildman–Crippen MR) is 64.1 cm³/mol. The summed E-state index contributed by atoms with van der Waals surface area (Å²) < 4.78 is 0. The van der Waals surface area contributed by atoms with E-state index in [-0.39, 0.29) is 30.6 Å². The normalized spacial score (nSPS) is 31.6. The van der Waals surface area contributed by atoms with E-state index in [0.29, 0.717) is 19.4 Å². The van der Waals surface area contributed by atoms with E-state index in [1.54, 1.807) is 4.90 Å². The number of carbonyl (C=O) groups excluding carboxylic acids is 1. The fourth-order valence-electron chi connectivity index (χ4n) is 2.89. The smallest absolute Gasteiger partial charge is 0.317 e. The molecule has 1 saturated carbocycles. The summed E-state index contributed by atoms with van der Waals surface area (Å²) in [6.07, 6.45) is 3.62. The van der Waals surface area contributed by atoms with Gasteiger partial charge >= 0.3 is 12.0 Å². The van der Waals surface area contributed by atoms with Crippen molar-refractivity contribution in [2.45, 2.75) is 44.2 Å². The Labute approximate surface area is 106 Å². The molecule has 6 nitrogen and oxygen atoms in total. The molecule has 0 radical (unpaired) electrons. The maximum Gasteiger partial charge on any atom is 0.317 e. The molecule has 0 aromatic heterocycles. The highest BCUT2D eigenvalue weighted by Crippen LogP contribution is 2.26. The van der Waals surface area contributed by atoms with Gasteiger partial charge in [0.05, 0.1) is 18.6 Å². The Balaban J connectivity index is 1.83. The summed E-state index contributed by atoms with van der Waals surface area (Å²) in [7, 11) is 0. The highest BCUT2D eigenvalue weighted by molar-refractivity contribution is 5.76. The van der Waals surface area contributed by atoms with Gasteiger partial charge in [-0.1, -0.05) is 0 Å². The number of amides is 2. The van der Waals surface area contributed by atoms with E-state index < -0.39 is 5.97 Å². The number of aliphatic hydroxyl groups is 1. The van der Waals surface area contributed by atoms with Crippen LogP contribution in [0.15, 0.2) is 0 Å². The van der Waals surface area contributed by atoms with Crippen molar-refractivity contribution in [3.8, 4) is 0 Å². The zero-order chi connectivity index (χ0) is 13.1. The Morgan fingerprint density at radius 2 is 2.06 bits per heavy atom. The molecule has 2 fully saturated rings. The molecule has 0 aromatic carbocycles. The standard InChI is InChI=1S/C12H20N2O4/c15-7-10-2-1-5-14(10)12(18)13-9-4-3-8(6-9)11(16)17/h8-10,15H,1-7H2,(H,13,18)(H,16,17). The minimum Gasteiger partial charge on any atom is -0.481 e. The van der Waals surface area contributed by atoms with Crippen LogP contribution in [0.2, 0.25) is 0 Å². The van der Waals surface area contributed by atoms with E-state index in [0.717, 1.165) is 19.3 Å². The maximum atomic E-state index is 12.0. The van der Waals surface area contributed by atoms with Gasteiger partial charge in [0.15, 0.2) is 0 Å². The number of likely N-dealkylation sites (tertiary alicyclic amines) is 1. The lowest BCUT2D eigenvalue weighted by molar-refractivity contribution is -0.141. The van der Waals surface area contributed by atoms with Crippen molar-refractivity contribution >= 4 is 12.0 Å². The molecule has 18 heavy (non-hydrogen) atoms. The number of aliphatic carboxylic acids is 1. The fraction of sp³-hybridized carbons (Fsp3) is 0.833. The van der Waals surface area contributed by atoms with Gasteiger partial charge in [0, 0.05) is 12.6 Å². The van der Waals surface area contributed by atoms with Crippen LogP contribution in [-0.4, -0.2) is 52.3 Å². The number of urea groups is 1. The third-order valence-corrected chi connectivity index (χ3v) is 3.96. The number of rotatable bonds is 3. The van der Waals surface area contributed by atoms with Gasteiger partial charge in [-0.05, 0) is 32.1 Å². The second kappa shape index (κ2) is 5.56. The highest BCUT2D eigenvalue weighted by Gasteiger charge is 2.33. The number of carbonyl (C=O) groups is 2. The summed E-state index contributed by atoms with van der Waals surface area (Å²) in [4.78, 5) is 24.5. The van der Waals surface area contributed by atoms with E-state index in [1.165, 1.54) is 0 Å². The van der Waals surface area contributed by atoms with E-state index >= 15 is 0 Å². The number of hydrogen-bond donors (Lipinski definition) is 3. The van der Waals surface area contributed by atoms with Crippen LogP contribution in [0.3, 0.4) is 0 Å². The van der Waals surface area contributed by atoms with Crippen LogP contribution in [-0.2, 0) is 4.79 Å². The molecule has 2 amide bonds. The molecular formula is C12H20N2O4. The fourth-order valence-corrected chi connectivity index (χ4v) is 2.89. The number of nitrogens with zero attached hydrogens (tertiary/aromatic N) is 1. The first-order valence-corrected chi connectivity index (χ1v) is 6.52. The average molecular weight is 256 g/mol. The van der Waals surface area contributed by atoms with Crippen molar-refractivity contribution in [3.05, 3.63) is 0 Å². The molecule has 6 heteroatoms. The van der Waals surface area contributed by atoms with E-state index in [9.17, 15) is 9.59 Å². The monoisotopic (exact) mass is 256 g/mol. The number of aliphatic hydroxyl groups excluding tert-OH is 1. The van der Waals surface area contributed by atoms with Gasteiger partial charge in [-0.3, -0.25) is 4.79 Å². The van der Waals surface area contributed by atoms with Crippen molar-refractivity contribution < 1.29 is 19.8 Å². The third-order valence-electron chi connectivity index (χ3n) is 3.96. The van der Waals surface area contributed by atoms with Crippen molar-refractivity contribution in [3.63, 3.8) is 0 Å². The molecule has 2 rings (SSSR count). The second-order valence-corrected chi connectivity index (χ2v) is 5.17. The molecule has 1 aliphatic heterocycles. The van der Waals surface area contributed by atoms with Crippen LogP contribution >= 0.6 is 0 Å². The minimum atomic E-state index is -0.777. The Bertz CT molecular complexity index is 334. The summed E-state index contributed by atoms with van der Waals surface area (Å²) in [5.74, 6) is -1.11. The molecule has 102 valence electrons. The van der Waals surface area contributed by atoms with E-state index in [4.69, 9.17) is 10.2 Å². The van der Waals surface area contributed by atoms with Crippen LogP contribution < -0.4 is 5.32 Å². The number of carboxylic acids is 1. The zero-order valence-electron chi connectivity index (χ0n) is 10.3. The SMILES string of the molecule is O=C(O)C1CCC(NC(=O)N2CCCC2CO)C1. The quantitative estimate of drug-likeness (QED) is 0.682. The molecule has 3 N–H and O–H groups in total. The molecular weight excluding hydrogens is 236 g/mol. The Hall–Kier alpha value is -1.30. The first kappa shape index (κ1) is 13.1. The van der Waals surface area contributed by atoms with Crippen molar-refractivity contribution in [1.29, 1.82) is 0 Å². The van der Waals surface area contributed by atoms with Crippen LogP contribution in [0.5, 0.6) is 0 Å². The number of hydrogen-bond acceptors (Lipinski definition) is 3. The lowest BCUT2D eigenvalue weighted by Crippen LogP contribution is -2.47. The van der Waals surface area contributed by atoms with Gasteiger partial charge < -0.3 is 20.4 Å². The van der Waals surface area contributed by atoms with E-state index in [1.807, 2.05) is 0 Å². The molecule has 0 aromatic rings. The van der Waals surface area contributed by atoms with Crippen molar-refractivity contribution in [2.24, 2.45) is 5.92 Å². The molecule has 1 heterocycles. The Kier molecular flexibility index (Phi) is 4.06. The van der Waals surface area contributed by atoms with Crippen LogP contribution in [0.1, 0.15) is 32.1 Å². The van der Waals surface area contributed by atoms with Gasteiger partial charge in [-0.25, -0.2) is 4.79 Å². The van der Waals surface area contributed by atoms with Gasteiger partial charge in [0.25, 0.3) is 0 Å². The molecule has 3 unspecified atom stereocenters. The molecule has 2 aliphatic rings. The Morgan fingerprint density at radius 1 is 1.28 bits per heavy atom. The molecule has 1 aliphatic carbocycles. The number of nitrogens with one attached hydrogen (secondary N) is 1. The van der Waals surface area contributed by atoms with Crippen LogP contribution in [0.4, 0.5) is 4.79 Å². The second-order valence-electron chi connectivity index (χ2n) is 5.17. The first-order valence-electron chi connectivity index (χ1n) is 6.52. The first-order chi connectivity index (χ1) is 8.61. The number of carboxylic acid groups (broad SMARTS) is 1. The predicted octanol–water partition coefficient (Wildman–Crippen LogP) is 0.406. The van der Waals surface area contributed by atoms with E-state index in [2.05, 4.69) is 5.32 Å². The highest BCUT2D eigenvalue weighted by atomic mass is 16.4. The largest absolute Gasteiger partial charge is 0.481 e. The molecule has 0 bridgehead atoms. The maximum absolute atomic E-state index is 12.0. The van der Waals surface area contributed by atoms with Gasteiger partial charge in [-0.2, -0.15) is 0 Å². The van der Waals surface area contributed by atoms with Crippen LogP contribution in [0.25, 0.3) is 0 Å². The molecule has 0 spiro atoms. The summed E-state index contributed by atoms with van der Waals surface area (Å²) in [6.45, 7) is 0.669. The molecule has 1 saturated heterocycles. The minimum absolute atomic E-state index is 0.00413. The van der Waals surface area contributed by atoms with Crippen LogP contribution in [0, 0.1) is 5.92 Å². The summed E-state index contributed by atoms with van der Waals surface area (Å²) in [5.41, 5.74) is 0. The molecule has 3 atom stereocenters. The van der Waals surface area contributed by atoms with Gasteiger partial charge in [-0.15, -0.1) is 0 Å². The topological polar surface area (TPSA) is 89.9 Å². The summed E-state index contributed by atoms with van der Waals surface area (Å²) in [5, 5.41) is 20.9. The lowest BCUT2D eigenvalue weighted by atomic mass is 10.1.